The number of nitrogens with zero attached hydrogens (tertiary/aromatic N) is 2. The Bertz CT molecular complexity index is 403. The predicted molar refractivity (Wildman–Crippen MR) is 66.5 cm³/mol. The molecule has 0 aromatic carbocycles. The van der Waals surface area contributed by atoms with Gasteiger partial charge in [0.25, 0.3) is 0 Å². The number of ether oxygens (including phenoxy) is 1. The minimum Gasteiger partial charge on any atom is -0.479 e. The molecule has 1 aromatic rings. The van der Waals surface area contributed by atoms with Crippen molar-refractivity contribution in [2.75, 3.05) is 19.7 Å². The molecule has 2 rings (SSSR count). The fraction of sp³-hybridized carbons (Fsp3) is 0.538. The van der Waals surface area contributed by atoms with E-state index in [-0.39, 0.29) is 6.61 Å². The summed E-state index contributed by atoms with van der Waals surface area (Å²) in [6, 6.07) is 3.76. The van der Waals surface area contributed by atoms with Crippen LogP contribution in [0.2, 0.25) is 0 Å². The Hall–Kier alpha value is -1.62. The molecular weight excluding hydrogens is 232 g/mol. The third kappa shape index (κ3) is 4.00. The fourth-order valence-electron chi connectivity index (χ4n) is 2.14. The smallest absolute Gasteiger partial charge is 0.341 e. The van der Waals surface area contributed by atoms with E-state index >= 15 is 0 Å². The van der Waals surface area contributed by atoms with Crippen LogP contribution in [-0.4, -0.2) is 40.7 Å². The standard InChI is InChI=1S/C13H18N2O3/c16-13(17)10-18-12-8-11(4-5-14-12)9-15-6-2-1-3-7-15/h4-5,8H,1-3,6-7,9-10H2,(H,16,17). The van der Waals surface area contributed by atoms with Crippen LogP contribution in [0.15, 0.2) is 18.3 Å². The third-order valence-corrected chi connectivity index (χ3v) is 3.00. The van der Waals surface area contributed by atoms with Gasteiger partial charge in [-0.25, -0.2) is 9.78 Å². The highest BCUT2D eigenvalue weighted by Gasteiger charge is 2.11. The third-order valence-electron chi connectivity index (χ3n) is 3.00. The molecule has 1 aliphatic rings. The number of carbonyl (C=O) groups is 1. The maximum Gasteiger partial charge on any atom is 0.341 e. The Morgan fingerprint density at radius 3 is 2.89 bits per heavy atom. The van der Waals surface area contributed by atoms with E-state index in [1.165, 1.54) is 19.3 Å². The number of piperidine rings is 1. The van der Waals surface area contributed by atoms with Crippen molar-refractivity contribution in [1.82, 2.24) is 9.88 Å². The van der Waals surface area contributed by atoms with Gasteiger partial charge in [-0.1, -0.05) is 6.42 Å². The SMILES string of the molecule is O=C(O)COc1cc(CN2CCCCC2)ccn1. The number of rotatable bonds is 5. The van der Waals surface area contributed by atoms with E-state index in [4.69, 9.17) is 9.84 Å². The molecule has 1 aliphatic heterocycles. The van der Waals surface area contributed by atoms with Gasteiger partial charge < -0.3 is 9.84 Å². The largest absolute Gasteiger partial charge is 0.479 e. The highest BCUT2D eigenvalue weighted by molar-refractivity contribution is 5.68. The Labute approximate surface area is 106 Å². The van der Waals surface area contributed by atoms with E-state index < -0.39 is 5.97 Å². The number of likely N-dealkylation sites (tertiary alicyclic amines) is 1. The molecule has 0 atom stereocenters. The van der Waals surface area contributed by atoms with Crippen molar-refractivity contribution in [3.63, 3.8) is 0 Å². The van der Waals surface area contributed by atoms with Crippen molar-refractivity contribution in [3.05, 3.63) is 23.9 Å². The van der Waals surface area contributed by atoms with Crippen LogP contribution < -0.4 is 4.74 Å². The second-order valence-electron chi connectivity index (χ2n) is 4.52. The normalized spacial score (nSPS) is 16.4. The van der Waals surface area contributed by atoms with Crippen LogP contribution in [-0.2, 0) is 11.3 Å². The highest BCUT2D eigenvalue weighted by atomic mass is 16.5. The summed E-state index contributed by atoms with van der Waals surface area (Å²) < 4.78 is 5.07. The van der Waals surface area contributed by atoms with Gasteiger partial charge in [0.2, 0.25) is 5.88 Å². The first kappa shape index (κ1) is 12.8. The molecule has 1 N–H and O–H groups in total. The van der Waals surface area contributed by atoms with E-state index in [1.54, 1.807) is 6.20 Å². The van der Waals surface area contributed by atoms with Gasteiger partial charge in [0.15, 0.2) is 6.61 Å². The summed E-state index contributed by atoms with van der Waals surface area (Å²) in [6.45, 7) is 2.80. The number of hydrogen-bond donors (Lipinski definition) is 1. The summed E-state index contributed by atoms with van der Waals surface area (Å²) in [7, 11) is 0. The van der Waals surface area contributed by atoms with Gasteiger partial charge in [0.1, 0.15) is 0 Å². The molecule has 0 aliphatic carbocycles. The zero-order chi connectivity index (χ0) is 12.8. The summed E-state index contributed by atoms with van der Waals surface area (Å²) in [5.41, 5.74) is 1.12. The van der Waals surface area contributed by atoms with E-state index in [0.29, 0.717) is 5.88 Å². The van der Waals surface area contributed by atoms with Crippen molar-refractivity contribution in [2.45, 2.75) is 25.8 Å². The molecule has 0 saturated carbocycles. The lowest BCUT2D eigenvalue weighted by molar-refractivity contribution is -0.139. The quantitative estimate of drug-likeness (QED) is 0.858. The zero-order valence-electron chi connectivity index (χ0n) is 10.3. The molecule has 0 radical (unpaired) electrons. The summed E-state index contributed by atoms with van der Waals surface area (Å²) in [5.74, 6) is -0.606. The summed E-state index contributed by atoms with van der Waals surface area (Å²) in [4.78, 5) is 16.8. The summed E-state index contributed by atoms with van der Waals surface area (Å²) >= 11 is 0. The van der Waals surface area contributed by atoms with Gasteiger partial charge in [-0.2, -0.15) is 0 Å². The van der Waals surface area contributed by atoms with Gasteiger partial charge in [0.05, 0.1) is 0 Å². The Morgan fingerprint density at radius 1 is 1.39 bits per heavy atom. The molecule has 0 spiro atoms. The number of pyridine rings is 1. The average molecular weight is 250 g/mol. The van der Waals surface area contributed by atoms with Crippen molar-refractivity contribution in [2.24, 2.45) is 0 Å². The fourth-order valence-corrected chi connectivity index (χ4v) is 2.14. The van der Waals surface area contributed by atoms with Crippen molar-refractivity contribution in [3.8, 4) is 5.88 Å². The van der Waals surface area contributed by atoms with Gasteiger partial charge in [0, 0.05) is 18.8 Å². The molecule has 1 fully saturated rings. The van der Waals surface area contributed by atoms with Crippen LogP contribution in [0.5, 0.6) is 5.88 Å². The molecule has 5 nitrogen and oxygen atoms in total. The lowest BCUT2D eigenvalue weighted by atomic mass is 10.1. The summed E-state index contributed by atoms with van der Waals surface area (Å²) in [5, 5.41) is 8.54. The molecule has 0 unspecified atom stereocenters. The maximum absolute atomic E-state index is 10.4. The van der Waals surface area contributed by atoms with Gasteiger partial charge in [-0.15, -0.1) is 0 Å². The topological polar surface area (TPSA) is 62.7 Å². The van der Waals surface area contributed by atoms with Crippen molar-refractivity contribution < 1.29 is 14.6 Å². The molecular formula is C13H18N2O3. The minimum atomic E-state index is -0.988. The van der Waals surface area contributed by atoms with Crippen LogP contribution in [0.3, 0.4) is 0 Å². The minimum absolute atomic E-state index is 0.347. The van der Waals surface area contributed by atoms with E-state index in [1.807, 2.05) is 12.1 Å². The van der Waals surface area contributed by atoms with E-state index in [0.717, 1.165) is 25.2 Å². The first-order valence-corrected chi connectivity index (χ1v) is 6.26. The maximum atomic E-state index is 10.4. The van der Waals surface area contributed by atoms with Crippen LogP contribution in [0.1, 0.15) is 24.8 Å². The van der Waals surface area contributed by atoms with Crippen molar-refractivity contribution in [1.29, 1.82) is 0 Å². The Balaban J connectivity index is 1.91. The highest BCUT2D eigenvalue weighted by Crippen LogP contribution is 2.15. The van der Waals surface area contributed by atoms with Crippen LogP contribution in [0, 0.1) is 0 Å². The van der Waals surface area contributed by atoms with Gasteiger partial charge >= 0.3 is 5.97 Å². The second kappa shape index (κ2) is 6.35. The number of carboxylic acid groups (broad SMARTS) is 1. The average Bonchev–Trinajstić information content (AvgIpc) is 2.38. The number of aliphatic carboxylic acids is 1. The van der Waals surface area contributed by atoms with Crippen molar-refractivity contribution >= 4 is 5.97 Å². The predicted octanol–water partition coefficient (Wildman–Crippen LogP) is 1.53. The Kier molecular flexibility index (Phi) is 4.52. The lowest BCUT2D eigenvalue weighted by Crippen LogP contribution is -2.29. The number of hydrogen-bond acceptors (Lipinski definition) is 4. The molecule has 2 heterocycles. The first-order valence-electron chi connectivity index (χ1n) is 6.26. The molecule has 1 saturated heterocycles. The van der Waals surface area contributed by atoms with E-state index in [9.17, 15) is 4.79 Å². The Morgan fingerprint density at radius 2 is 2.17 bits per heavy atom. The molecule has 0 bridgehead atoms. The first-order chi connectivity index (χ1) is 8.74. The molecule has 98 valence electrons. The monoisotopic (exact) mass is 250 g/mol. The molecule has 18 heavy (non-hydrogen) atoms. The van der Waals surface area contributed by atoms with Crippen LogP contribution in [0.25, 0.3) is 0 Å². The summed E-state index contributed by atoms with van der Waals surface area (Å²) in [6.07, 6.45) is 5.50. The number of aromatic nitrogens is 1. The van der Waals surface area contributed by atoms with Crippen LogP contribution in [0.4, 0.5) is 0 Å². The lowest BCUT2D eigenvalue weighted by Gasteiger charge is -2.26. The van der Waals surface area contributed by atoms with Crippen LogP contribution >= 0.6 is 0 Å². The van der Waals surface area contributed by atoms with E-state index in [2.05, 4.69) is 9.88 Å². The zero-order valence-corrected chi connectivity index (χ0v) is 10.3. The van der Waals surface area contributed by atoms with Gasteiger partial charge in [-0.05, 0) is 37.6 Å². The molecule has 1 aromatic heterocycles. The molecule has 0 amide bonds. The number of carboxylic acids is 1. The van der Waals surface area contributed by atoms with Gasteiger partial charge in [-0.3, -0.25) is 4.90 Å². The second-order valence-corrected chi connectivity index (χ2v) is 4.52. The molecule has 5 heteroatoms.